The van der Waals surface area contributed by atoms with Crippen LogP contribution in [0.3, 0.4) is 0 Å². The van der Waals surface area contributed by atoms with Crippen molar-refractivity contribution in [3.05, 3.63) is 89.4 Å². The summed E-state index contributed by atoms with van der Waals surface area (Å²) in [5, 5.41) is 0. The van der Waals surface area contributed by atoms with Gasteiger partial charge in [0.2, 0.25) is 0 Å². The fourth-order valence-electron chi connectivity index (χ4n) is 3.09. The van der Waals surface area contributed by atoms with Gasteiger partial charge in [-0.3, -0.25) is 9.69 Å². The van der Waals surface area contributed by atoms with Crippen LogP contribution in [0.4, 0.5) is 0 Å². The maximum absolute atomic E-state index is 11.8. The van der Waals surface area contributed by atoms with E-state index < -0.39 is 0 Å². The Bertz CT molecular complexity index is 857. The van der Waals surface area contributed by atoms with E-state index in [-0.39, 0.29) is 5.78 Å². The van der Waals surface area contributed by atoms with E-state index >= 15 is 0 Å². The number of hydrogen-bond donors (Lipinski definition) is 0. The molecule has 0 unspecified atom stereocenters. The van der Waals surface area contributed by atoms with Crippen LogP contribution < -0.4 is 4.74 Å². The minimum atomic E-state index is 0.0555. The van der Waals surface area contributed by atoms with Crippen LogP contribution in [0.2, 0.25) is 0 Å². The van der Waals surface area contributed by atoms with Gasteiger partial charge in [-0.05, 0) is 49.7 Å². The summed E-state index contributed by atoms with van der Waals surface area (Å²) in [6.45, 7) is 6.25. The molecule has 0 aliphatic carbocycles. The third-order valence-corrected chi connectivity index (χ3v) is 4.37. The van der Waals surface area contributed by atoms with Gasteiger partial charge in [-0.15, -0.1) is 0 Å². The molecule has 140 valence electrons. The first kappa shape index (κ1) is 18.9. The van der Waals surface area contributed by atoms with E-state index in [0.717, 1.165) is 23.6 Å². The molecule has 0 saturated heterocycles. The zero-order valence-corrected chi connectivity index (χ0v) is 15.9. The molecule has 4 heteroatoms. The zero-order chi connectivity index (χ0) is 19.1. The van der Waals surface area contributed by atoms with Gasteiger partial charge in [0, 0.05) is 24.2 Å². The second kappa shape index (κ2) is 9.19. The van der Waals surface area contributed by atoms with E-state index in [1.54, 1.807) is 13.2 Å². The first-order valence-electron chi connectivity index (χ1n) is 9.21. The molecule has 0 saturated carbocycles. The third kappa shape index (κ3) is 5.31. The molecule has 3 aromatic rings. The third-order valence-electron chi connectivity index (χ3n) is 4.37. The van der Waals surface area contributed by atoms with E-state index in [9.17, 15) is 4.79 Å². The van der Waals surface area contributed by atoms with Gasteiger partial charge >= 0.3 is 0 Å². The van der Waals surface area contributed by atoms with E-state index in [4.69, 9.17) is 9.15 Å². The van der Waals surface area contributed by atoms with Gasteiger partial charge in [-0.2, -0.15) is 0 Å². The molecule has 0 bridgehead atoms. The summed E-state index contributed by atoms with van der Waals surface area (Å²) in [5.74, 6) is 1.78. The molecule has 0 atom stereocenters. The van der Waals surface area contributed by atoms with Crippen LogP contribution in [0.15, 0.2) is 71.3 Å². The van der Waals surface area contributed by atoms with Crippen molar-refractivity contribution in [1.82, 2.24) is 4.90 Å². The first-order valence-corrected chi connectivity index (χ1v) is 9.21. The minimum Gasteiger partial charge on any atom is -0.494 e. The van der Waals surface area contributed by atoms with Gasteiger partial charge in [0.25, 0.3) is 0 Å². The van der Waals surface area contributed by atoms with E-state index in [1.807, 2.05) is 55.5 Å². The fourth-order valence-corrected chi connectivity index (χ4v) is 3.09. The lowest BCUT2D eigenvalue weighted by molar-refractivity contribution is 0.101. The highest BCUT2D eigenvalue weighted by atomic mass is 16.5. The summed E-state index contributed by atoms with van der Waals surface area (Å²) in [4.78, 5) is 14.1. The Hall–Kier alpha value is -2.85. The van der Waals surface area contributed by atoms with Gasteiger partial charge in [-0.25, -0.2) is 0 Å². The average Bonchev–Trinajstić information content (AvgIpc) is 3.17. The van der Waals surface area contributed by atoms with Crippen LogP contribution in [0, 0.1) is 0 Å². The molecule has 0 N–H and O–H groups in total. The smallest absolute Gasteiger partial charge is 0.159 e. The monoisotopic (exact) mass is 363 g/mol. The molecule has 0 aliphatic rings. The van der Waals surface area contributed by atoms with Gasteiger partial charge in [0.15, 0.2) is 5.78 Å². The first-order chi connectivity index (χ1) is 13.2. The molecule has 0 fully saturated rings. The highest BCUT2D eigenvalue weighted by molar-refractivity contribution is 5.94. The fraction of sp³-hybridized carbons (Fsp3) is 0.261. The summed E-state index contributed by atoms with van der Waals surface area (Å²) in [6, 6.07) is 19.9. The molecule has 0 radical (unpaired) electrons. The Morgan fingerprint density at radius 2 is 1.81 bits per heavy atom. The van der Waals surface area contributed by atoms with Gasteiger partial charge in [-0.1, -0.05) is 30.3 Å². The van der Waals surface area contributed by atoms with Gasteiger partial charge in [0.1, 0.15) is 11.5 Å². The molecule has 1 heterocycles. The van der Waals surface area contributed by atoms with Crippen LogP contribution in [0.1, 0.15) is 41.1 Å². The predicted octanol–water partition coefficient (Wildman–Crippen LogP) is 5.08. The number of nitrogens with zero attached hydrogens (tertiary/aromatic N) is 1. The Labute approximate surface area is 160 Å². The van der Waals surface area contributed by atoms with Crippen molar-refractivity contribution >= 4 is 5.78 Å². The van der Waals surface area contributed by atoms with Crippen molar-refractivity contribution in [3.8, 4) is 5.75 Å². The maximum atomic E-state index is 11.8. The average molecular weight is 363 g/mol. The van der Waals surface area contributed by atoms with Gasteiger partial charge in [0.05, 0.1) is 19.4 Å². The largest absolute Gasteiger partial charge is 0.494 e. The van der Waals surface area contributed by atoms with Crippen molar-refractivity contribution in [2.75, 3.05) is 6.61 Å². The van der Waals surface area contributed by atoms with Crippen LogP contribution in [-0.2, 0) is 19.6 Å². The topological polar surface area (TPSA) is 42.7 Å². The Balaban J connectivity index is 1.87. The molecular weight excluding hydrogens is 338 g/mol. The summed E-state index contributed by atoms with van der Waals surface area (Å²) in [6.07, 6.45) is 1.69. The lowest BCUT2D eigenvalue weighted by atomic mass is 10.1. The summed E-state index contributed by atoms with van der Waals surface area (Å²) in [5.41, 5.74) is 2.93. The summed E-state index contributed by atoms with van der Waals surface area (Å²) >= 11 is 0. The Morgan fingerprint density at radius 3 is 2.48 bits per heavy atom. The van der Waals surface area contributed by atoms with Crippen molar-refractivity contribution in [3.63, 3.8) is 0 Å². The van der Waals surface area contributed by atoms with Crippen LogP contribution in [0.25, 0.3) is 0 Å². The molecule has 1 aromatic heterocycles. The SMILES string of the molecule is CCOc1ccc(C(C)=O)cc1CN(Cc1ccccc1)Cc1ccco1. The standard InChI is InChI=1S/C23H25NO3/c1-3-26-23-12-11-20(18(2)25)14-21(23)16-24(17-22-10-7-13-27-22)15-19-8-5-4-6-9-19/h4-14H,3,15-17H2,1-2H3. The van der Waals surface area contributed by atoms with Gasteiger partial charge < -0.3 is 9.15 Å². The number of benzene rings is 2. The molecule has 4 nitrogen and oxygen atoms in total. The molecule has 3 rings (SSSR count). The lowest BCUT2D eigenvalue weighted by Gasteiger charge is -2.23. The van der Waals surface area contributed by atoms with Crippen LogP contribution >= 0.6 is 0 Å². The number of Topliss-reactive ketones (excluding diaryl/α,β-unsaturated/α-hetero) is 1. The molecule has 2 aromatic carbocycles. The maximum Gasteiger partial charge on any atom is 0.159 e. The lowest BCUT2D eigenvalue weighted by Crippen LogP contribution is -2.22. The van der Waals surface area contributed by atoms with E-state index in [0.29, 0.717) is 25.3 Å². The Kier molecular flexibility index (Phi) is 6.44. The molecule has 0 spiro atoms. The second-order valence-electron chi connectivity index (χ2n) is 6.52. The summed E-state index contributed by atoms with van der Waals surface area (Å²) in [7, 11) is 0. The molecule has 0 amide bonds. The molecule has 27 heavy (non-hydrogen) atoms. The number of hydrogen-bond acceptors (Lipinski definition) is 4. The second-order valence-corrected chi connectivity index (χ2v) is 6.52. The number of ether oxygens (including phenoxy) is 1. The van der Waals surface area contributed by atoms with Crippen LogP contribution in [0.5, 0.6) is 5.75 Å². The van der Waals surface area contributed by atoms with Crippen molar-refractivity contribution in [2.24, 2.45) is 0 Å². The quantitative estimate of drug-likeness (QED) is 0.497. The van der Waals surface area contributed by atoms with Crippen LogP contribution in [-0.4, -0.2) is 17.3 Å². The zero-order valence-electron chi connectivity index (χ0n) is 15.9. The summed E-state index contributed by atoms with van der Waals surface area (Å²) < 4.78 is 11.3. The van der Waals surface area contributed by atoms with E-state index in [2.05, 4.69) is 17.0 Å². The molecular formula is C23H25NO3. The number of ketones is 1. The molecule has 0 aliphatic heterocycles. The van der Waals surface area contributed by atoms with Crippen molar-refractivity contribution in [1.29, 1.82) is 0 Å². The normalized spacial score (nSPS) is 10.9. The predicted molar refractivity (Wildman–Crippen MR) is 106 cm³/mol. The number of furan rings is 1. The van der Waals surface area contributed by atoms with E-state index in [1.165, 1.54) is 5.56 Å². The van der Waals surface area contributed by atoms with Crippen molar-refractivity contribution in [2.45, 2.75) is 33.5 Å². The van der Waals surface area contributed by atoms with Crippen molar-refractivity contribution < 1.29 is 13.9 Å². The number of rotatable bonds is 9. The highest BCUT2D eigenvalue weighted by Gasteiger charge is 2.14. The number of carbonyl (C=O) groups is 1. The highest BCUT2D eigenvalue weighted by Crippen LogP contribution is 2.24. The minimum absolute atomic E-state index is 0.0555. The Morgan fingerprint density at radius 1 is 1.00 bits per heavy atom. The number of carbonyl (C=O) groups excluding carboxylic acids is 1.